The summed E-state index contributed by atoms with van der Waals surface area (Å²) in [7, 11) is 0. The Balaban J connectivity index is 1.60. The molecule has 2 N–H and O–H groups in total. The molecule has 0 bridgehead atoms. The van der Waals surface area contributed by atoms with Gasteiger partial charge in [0.25, 0.3) is 0 Å². The van der Waals surface area contributed by atoms with Crippen molar-refractivity contribution in [1.82, 2.24) is 5.32 Å². The van der Waals surface area contributed by atoms with Gasteiger partial charge in [-0.3, -0.25) is 9.59 Å². The molecule has 0 aromatic rings. The molecule has 1 amide bonds. The average molecular weight is 279 g/mol. The number of carboxylic acid groups (broad SMARTS) is 1. The maximum Gasteiger partial charge on any atom is 0.308 e. The molecule has 112 valence electrons. The number of rotatable bonds is 3. The average Bonchev–Trinajstić information content (AvgIpc) is 3.17. The number of fused-ring (bicyclic) bond motifs is 1. The Morgan fingerprint density at radius 3 is 2.10 bits per heavy atom. The Bertz CT molecular complexity index is 383. The number of amides is 1. The third-order valence-electron chi connectivity index (χ3n) is 5.62. The summed E-state index contributed by atoms with van der Waals surface area (Å²) in [5.74, 6) is 0.388. The Kier molecular flexibility index (Phi) is 3.99. The Labute approximate surface area is 120 Å². The highest BCUT2D eigenvalue weighted by Gasteiger charge is 2.55. The standard InChI is InChI=1S/C16H25NO3/c18-15(14-10-6-4-5-7-11(10)14)17-13-9-3-1-2-8-12(13)16(19)20/h10-14H,1-9H2,(H,17,18)(H,19,20)/t10?,11?,12-,13+,14?/m1/s1. The lowest BCUT2D eigenvalue weighted by Crippen LogP contribution is -2.43. The van der Waals surface area contributed by atoms with E-state index in [0.717, 1.165) is 25.7 Å². The molecule has 0 radical (unpaired) electrons. The highest BCUT2D eigenvalue weighted by atomic mass is 16.4. The molecule has 2 unspecified atom stereocenters. The SMILES string of the molecule is O=C(N[C@H]1CCCCC[C@H]1C(=O)O)C1C2CCCCC21. The number of carboxylic acids is 1. The molecule has 4 nitrogen and oxygen atoms in total. The van der Waals surface area contributed by atoms with Crippen LogP contribution in [-0.2, 0) is 9.59 Å². The highest BCUT2D eigenvalue weighted by molar-refractivity contribution is 5.83. The molecule has 3 aliphatic rings. The lowest BCUT2D eigenvalue weighted by molar-refractivity contribution is -0.143. The van der Waals surface area contributed by atoms with Crippen molar-refractivity contribution >= 4 is 11.9 Å². The van der Waals surface area contributed by atoms with Crippen LogP contribution >= 0.6 is 0 Å². The van der Waals surface area contributed by atoms with Gasteiger partial charge in [-0.25, -0.2) is 0 Å². The molecule has 4 heteroatoms. The fourth-order valence-corrected chi connectivity index (χ4v) is 4.44. The summed E-state index contributed by atoms with van der Waals surface area (Å²) in [5, 5.41) is 12.4. The van der Waals surface area contributed by atoms with Crippen molar-refractivity contribution in [2.45, 2.75) is 63.8 Å². The van der Waals surface area contributed by atoms with E-state index in [9.17, 15) is 14.7 Å². The quantitative estimate of drug-likeness (QED) is 0.780. The minimum atomic E-state index is -0.745. The zero-order valence-electron chi connectivity index (χ0n) is 12.0. The first-order valence-electron chi connectivity index (χ1n) is 8.21. The van der Waals surface area contributed by atoms with Crippen LogP contribution in [0.3, 0.4) is 0 Å². The fraction of sp³-hybridized carbons (Fsp3) is 0.875. The third kappa shape index (κ3) is 2.70. The summed E-state index contributed by atoms with van der Waals surface area (Å²) < 4.78 is 0. The molecule has 4 atom stereocenters. The van der Waals surface area contributed by atoms with E-state index in [0.29, 0.717) is 18.3 Å². The van der Waals surface area contributed by atoms with Crippen LogP contribution in [-0.4, -0.2) is 23.0 Å². The summed E-state index contributed by atoms with van der Waals surface area (Å²) in [5.41, 5.74) is 0. The van der Waals surface area contributed by atoms with Crippen LogP contribution in [0.2, 0.25) is 0 Å². The Hall–Kier alpha value is -1.06. The minimum Gasteiger partial charge on any atom is -0.481 e. The molecular weight excluding hydrogens is 254 g/mol. The number of hydrogen-bond acceptors (Lipinski definition) is 2. The maximum absolute atomic E-state index is 12.4. The van der Waals surface area contributed by atoms with Gasteiger partial charge in [-0.1, -0.05) is 32.1 Å². The van der Waals surface area contributed by atoms with Gasteiger partial charge in [0.2, 0.25) is 5.91 Å². The zero-order valence-corrected chi connectivity index (χ0v) is 12.0. The lowest BCUT2D eigenvalue weighted by atomic mass is 9.94. The number of hydrogen-bond donors (Lipinski definition) is 2. The number of carbonyl (C=O) groups is 2. The first-order chi connectivity index (χ1) is 9.68. The van der Waals surface area contributed by atoms with Gasteiger partial charge in [-0.15, -0.1) is 0 Å². The van der Waals surface area contributed by atoms with Crippen LogP contribution in [0.1, 0.15) is 57.8 Å². The number of nitrogens with one attached hydrogen (secondary N) is 1. The van der Waals surface area contributed by atoms with Crippen LogP contribution < -0.4 is 5.32 Å². The molecule has 3 aliphatic carbocycles. The zero-order chi connectivity index (χ0) is 14.1. The molecule has 0 aliphatic heterocycles. The van der Waals surface area contributed by atoms with Crippen LogP contribution in [0.4, 0.5) is 0 Å². The molecular formula is C16H25NO3. The second-order valence-electron chi connectivity index (χ2n) is 6.84. The van der Waals surface area contributed by atoms with Crippen LogP contribution in [0.25, 0.3) is 0 Å². The van der Waals surface area contributed by atoms with Crippen molar-refractivity contribution in [2.75, 3.05) is 0 Å². The largest absolute Gasteiger partial charge is 0.481 e. The normalized spacial score (nSPS) is 40.3. The molecule has 0 spiro atoms. The second kappa shape index (κ2) is 5.74. The van der Waals surface area contributed by atoms with Crippen molar-refractivity contribution in [3.8, 4) is 0 Å². The summed E-state index contributed by atoms with van der Waals surface area (Å²) in [6.07, 6.45) is 9.52. The van der Waals surface area contributed by atoms with Gasteiger partial charge < -0.3 is 10.4 Å². The molecule has 3 rings (SSSR count). The molecule has 0 aromatic carbocycles. The van der Waals surface area contributed by atoms with Crippen molar-refractivity contribution < 1.29 is 14.7 Å². The molecule has 0 aromatic heterocycles. The Morgan fingerprint density at radius 1 is 0.850 bits per heavy atom. The fourth-order valence-electron chi connectivity index (χ4n) is 4.44. The molecule has 3 fully saturated rings. The molecule has 20 heavy (non-hydrogen) atoms. The maximum atomic E-state index is 12.4. The molecule has 0 saturated heterocycles. The van der Waals surface area contributed by atoms with Gasteiger partial charge in [0.1, 0.15) is 0 Å². The van der Waals surface area contributed by atoms with Crippen LogP contribution in [0.5, 0.6) is 0 Å². The van der Waals surface area contributed by atoms with E-state index in [1.807, 2.05) is 0 Å². The Morgan fingerprint density at radius 2 is 1.45 bits per heavy atom. The summed E-state index contributed by atoms with van der Waals surface area (Å²) in [4.78, 5) is 23.8. The summed E-state index contributed by atoms with van der Waals surface area (Å²) in [6, 6.07) is -0.148. The predicted octanol–water partition coefficient (Wildman–Crippen LogP) is 2.57. The monoisotopic (exact) mass is 279 g/mol. The smallest absolute Gasteiger partial charge is 0.308 e. The topological polar surface area (TPSA) is 66.4 Å². The van der Waals surface area contributed by atoms with Gasteiger partial charge in [-0.2, -0.15) is 0 Å². The van der Waals surface area contributed by atoms with Crippen molar-refractivity contribution in [1.29, 1.82) is 0 Å². The molecule has 3 saturated carbocycles. The predicted molar refractivity (Wildman–Crippen MR) is 75.1 cm³/mol. The number of aliphatic carboxylic acids is 1. The van der Waals surface area contributed by atoms with Gasteiger partial charge in [0.15, 0.2) is 0 Å². The van der Waals surface area contributed by atoms with E-state index >= 15 is 0 Å². The van der Waals surface area contributed by atoms with Crippen molar-refractivity contribution in [2.24, 2.45) is 23.7 Å². The first kappa shape index (κ1) is 13.9. The van der Waals surface area contributed by atoms with E-state index in [1.165, 1.54) is 25.7 Å². The van der Waals surface area contributed by atoms with Gasteiger partial charge in [0.05, 0.1) is 5.92 Å². The van der Waals surface area contributed by atoms with Crippen molar-refractivity contribution in [3.05, 3.63) is 0 Å². The van der Waals surface area contributed by atoms with Gasteiger partial charge in [0, 0.05) is 12.0 Å². The minimum absolute atomic E-state index is 0.139. The summed E-state index contributed by atoms with van der Waals surface area (Å²) >= 11 is 0. The van der Waals surface area contributed by atoms with Gasteiger partial charge in [-0.05, 0) is 37.5 Å². The van der Waals surface area contributed by atoms with E-state index < -0.39 is 5.97 Å². The van der Waals surface area contributed by atoms with Crippen LogP contribution in [0.15, 0.2) is 0 Å². The highest BCUT2D eigenvalue weighted by Crippen LogP contribution is 2.55. The van der Waals surface area contributed by atoms with E-state index in [2.05, 4.69) is 5.32 Å². The number of carbonyl (C=O) groups excluding carboxylic acids is 1. The van der Waals surface area contributed by atoms with E-state index in [-0.39, 0.29) is 23.8 Å². The lowest BCUT2D eigenvalue weighted by Gasteiger charge is -2.23. The molecule has 0 heterocycles. The van der Waals surface area contributed by atoms with E-state index in [4.69, 9.17) is 0 Å². The third-order valence-corrected chi connectivity index (χ3v) is 5.62. The van der Waals surface area contributed by atoms with E-state index in [1.54, 1.807) is 0 Å². The first-order valence-corrected chi connectivity index (χ1v) is 8.21. The van der Waals surface area contributed by atoms with Crippen molar-refractivity contribution in [3.63, 3.8) is 0 Å². The van der Waals surface area contributed by atoms with Gasteiger partial charge >= 0.3 is 5.97 Å². The van der Waals surface area contributed by atoms with Crippen LogP contribution in [0, 0.1) is 23.7 Å². The summed E-state index contributed by atoms with van der Waals surface area (Å²) in [6.45, 7) is 0. The second-order valence-corrected chi connectivity index (χ2v) is 6.84.